The SMILES string of the molecule is COCc1ccc(CNC(=O)[C@@H]2C[C@@H]2C(=O)[O-])cc1.[Na+]. The van der Waals surface area contributed by atoms with Crippen molar-refractivity contribution in [2.45, 2.75) is 19.6 Å². The maximum Gasteiger partial charge on any atom is 1.00 e. The molecular weight excluding hydrogens is 269 g/mol. The maximum absolute atomic E-state index is 11.6. The van der Waals surface area contributed by atoms with Crippen LogP contribution in [0.5, 0.6) is 0 Å². The van der Waals surface area contributed by atoms with E-state index in [0.29, 0.717) is 19.6 Å². The second kappa shape index (κ2) is 7.78. The molecule has 1 aliphatic rings. The Morgan fingerprint density at radius 1 is 1.25 bits per heavy atom. The van der Waals surface area contributed by atoms with E-state index in [4.69, 9.17) is 4.74 Å². The number of hydrogen-bond acceptors (Lipinski definition) is 4. The van der Waals surface area contributed by atoms with Gasteiger partial charge in [-0.2, -0.15) is 0 Å². The molecule has 0 unspecified atom stereocenters. The summed E-state index contributed by atoms with van der Waals surface area (Å²) in [5.74, 6) is -2.37. The molecule has 1 aromatic carbocycles. The summed E-state index contributed by atoms with van der Waals surface area (Å²) in [5, 5.41) is 13.3. The number of methoxy groups -OCH3 is 1. The average molecular weight is 285 g/mol. The first-order valence-electron chi connectivity index (χ1n) is 6.17. The van der Waals surface area contributed by atoms with Crippen molar-refractivity contribution in [2.24, 2.45) is 11.8 Å². The summed E-state index contributed by atoms with van der Waals surface area (Å²) in [4.78, 5) is 22.2. The van der Waals surface area contributed by atoms with Gasteiger partial charge in [0, 0.05) is 31.5 Å². The number of rotatable bonds is 6. The fourth-order valence-electron chi connectivity index (χ4n) is 1.99. The van der Waals surface area contributed by atoms with E-state index in [9.17, 15) is 14.7 Å². The largest absolute Gasteiger partial charge is 1.00 e. The minimum atomic E-state index is -1.14. The van der Waals surface area contributed by atoms with Crippen LogP contribution in [-0.2, 0) is 27.5 Å². The van der Waals surface area contributed by atoms with E-state index < -0.39 is 17.8 Å². The van der Waals surface area contributed by atoms with Crippen molar-refractivity contribution in [3.63, 3.8) is 0 Å². The van der Waals surface area contributed by atoms with E-state index in [1.807, 2.05) is 24.3 Å². The standard InChI is InChI=1S/C14H17NO4.Na/c1-19-8-10-4-2-9(3-5-10)7-15-13(16)11-6-12(11)14(17)18;/h2-5,11-12H,6-8H2,1H3,(H,15,16)(H,17,18);/q;+1/p-1/t11-,12+;/m1./s1. The van der Waals surface area contributed by atoms with Crippen LogP contribution in [0.2, 0.25) is 0 Å². The summed E-state index contributed by atoms with van der Waals surface area (Å²) in [5.41, 5.74) is 2.04. The molecule has 0 aliphatic heterocycles. The molecule has 20 heavy (non-hydrogen) atoms. The Balaban J connectivity index is 0.00000200. The van der Waals surface area contributed by atoms with Crippen LogP contribution in [0.25, 0.3) is 0 Å². The maximum atomic E-state index is 11.6. The average Bonchev–Trinajstić information content (AvgIpc) is 3.18. The normalized spacial score (nSPS) is 19.9. The summed E-state index contributed by atoms with van der Waals surface area (Å²) in [6, 6.07) is 7.70. The smallest absolute Gasteiger partial charge is 0.550 e. The van der Waals surface area contributed by atoms with Gasteiger partial charge in [-0.05, 0) is 17.5 Å². The van der Waals surface area contributed by atoms with Crippen LogP contribution in [0.15, 0.2) is 24.3 Å². The Labute approximate surface area is 140 Å². The molecule has 1 amide bonds. The molecule has 6 heteroatoms. The molecule has 1 N–H and O–H groups in total. The van der Waals surface area contributed by atoms with Gasteiger partial charge in [0.15, 0.2) is 0 Å². The summed E-state index contributed by atoms with van der Waals surface area (Å²) < 4.78 is 5.01. The molecule has 0 radical (unpaired) electrons. The van der Waals surface area contributed by atoms with Gasteiger partial charge in [-0.3, -0.25) is 4.79 Å². The number of aliphatic carboxylic acids is 1. The van der Waals surface area contributed by atoms with Gasteiger partial charge in [0.05, 0.1) is 6.61 Å². The second-order valence-electron chi connectivity index (χ2n) is 4.74. The first-order valence-corrected chi connectivity index (χ1v) is 6.17. The number of nitrogens with one attached hydrogen (secondary N) is 1. The molecule has 0 bridgehead atoms. The Kier molecular flexibility index (Phi) is 6.68. The van der Waals surface area contributed by atoms with Crippen molar-refractivity contribution in [2.75, 3.05) is 7.11 Å². The van der Waals surface area contributed by atoms with Gasteiger partial charge in [0.2, 0.25) is 5.91 Å². The van der Waals surface area contributed by atoms with E-state index in [2.05, 4.69) is 5.32 Å². The Morgan fingerprint density at radius 3 is 2.35 bits per heavy atom. The minimum Gasteiger partial charge on any atom is -0.550 e. The number of hydrogen-bond donors (Lipinski definition) is 1. The van der Waals surface area contributed by atoms with Crippen LogP contribution in [0.4, 0.5) is 0 Å². The van der Waals surface area contributed by atoms with E-state index in [-0.39, 0.29) is 35.5 Å². The zero-order chi connectivity index (χ0) is 13.8. The van der Waals surface area contributed by atoms with Crippen molar-refractivity contribution < 1.29 is 49.0 Å². The van der Waals surface area contributed by atoms with Gasteiger partial charge in [-0.1, -0.05) is 24.3 Å². The van der Waals surface area contributed by atoms with Crippen molar-refractivity contribution in [3.05, 3.63) is 35.4 Å². The van der Waals surface area contributed by atoms with Gasteiger partial charge < -0.3 is 20.0 Å². The second-order valence-corrected chi connectivity index (χ2v) is 4.74. The van der Waals surface area contributed by atoms with Crippen LogP contribution < -0.4 is 40.0 Å². The molecule has 2 rings (SSSR count). The quantitative estimate of drug-likeness (QED) is 0.560. The van der Waals surface area contributed by atoms with Gasteiger partial charge in [-0.15, -0.1) is 0 Å². The molecule has 102 valence electrons. The number of carbonyl (C=O) groups is 2. The third kappa shape index (κ3) is 4.59. The molecule has 0 saturated heterocycles. The molecule has 1 aromatic rings. The Hall–Kier alpha value is -0.880. The number of amides is 1. The summed E-state index contributed by atoms with van der Waals surface area (Å²) >= 11 is 0. The topological polar surface area (TPSA) is 78.5 Å². The molecule has 5 nitrogen and oxygen atoms in total. The minimum absolute atomic E-state index is 0. The van der Waals surface area contributed by atoms with Gasteiger partial charge in [0.1, 0.15) is 0 Å². The zero-order valence-electron chi connectivity index (χ0n) is 11.7. The molecule has 2 atom stereocenters. The molecular formula is C14H16NNaO4. The molecule has 0 aromatic heterocycles. The number of carbonyl (C=O) groups excluding carboxylic acids is 2. The predicted octanol–water partition coefficient (Wildman–Crippen LogP) is -3.16. The molecule has 0 heterocycles. The van der Waals surface area contributed by atoms with Crippen LogP contribution in [0.3, 0.4) is 0 Å². The third-order valence-electron chi connectivity index (χ3n) is 3.23. The zero-order valence-corrected chi connectivity index (χ0v) is 13.7. The van der Waals surface area contributed by atoms with E-state index in [0.717, 1.165) is 11.1 Å². The summed E-state index contributed by atoms with van der Waals surface area (Å²) in [7, 11) is 1.64. The van der Waals surface area contributed by atoms with E-state index in [1.54, 1.807) is 7.11 Å². The number of ether oxygens (including phenoxy) is 1. The Bertz CT molecular complexity index is 475. The number of carboxylic acids is 1. The molecule has 0 spiro atoms. The van der Waals surface area contributed by atoms with Crippen LogP contribution in [0, 0.1) is 11.8 Å². The molecule has 1 aliphatic carbocycles. The van der Waals surface area contributed by atoms with Crippen molar-refractivity contribution in [1.29, 1.82) is 0 Å². The van der Waals surface area contributed by atoms with Gasteiger partial charge in [0.25, 0.3) is 0 Å². The first kappa shape index (κ1) is 17.2. The van der Waals surface area contributed by atoms with Crippen molar-refractivity contribution in [1.82, 2.24) is 5.32 Å². The van der Waals surface area contributed by atoms with Crippen LogP contribution >= 0.6 is 0 Å². The summed E-state index contributed by atoms with van der Waals surface area (Å²) in [6.45, 7) is 0.963. The van der Waals surface area contributed by atoms with Gasteiger partial charge >= 0.3 is 29.6 Å². The van der Waals surface area contributed by atoms with E-state index >= 15 is 0 Å². The predicted molar refractivity (Wildman–Crippen MR) is 65.6 cm³/mol. The fraction of sp³-hybridized carbons (Fsp3) is 0.429. The number of benzene rings is 1. The Morgan fingerprint density at radius 2 is 1.85 bits per heavy atom. The number of carboxylic acid groups (broad SMARTS) is 1. The molecule has 1 fully saturated rings. The van der Waals surface area contributed by atoms with Crippen LogP contribution in [-0.4, -0.2) is 19.0 Å². The molecule has 1 saturated carbocycles. The van der Waals surface area contributed by atoms with Crippen LogP contribution in [0.1, 0.15) is 17.5 Å². The first-order chi connectivity index (χ1) is 9.11. The summed E-state index contributed by atoms with van der Waals surface area (Å²) in [6.07, 6.45) is 0.390. The van der Waals surface area contributed by atoms with Crippen molar-refractivity contribution in [3.8, 4) is 0 Å². The monoisotopic (exact) mass is 285 g/mol. The van der Waals surface area contributed by atoms with Gasteiger partial charge in [-0.25, -0.2) is 0 Å². The third-order valence-corrected chi connectivity index (χ3v) is 3.23. The van der Waals surface area contributed by atoms with E-state index in [1.165, 1.54) is 0 Å². The van der Waals surface area contributed by atoms with Crippen molar-refractivity contribution >= 4 is 11.9 Å². The fourth-order valence-corrected chi connectivity index (χ4v) is 1.99.